The van der Waals surface area contributed by atoms with Crippen LogP contribution in [0.2, 0.25) is 5.02 Å². The number of hydrogen-bond acceptors (Lipinski definition) is 3. The molecule has 0 bridgehead atoms. The summed E-state index contributed by atoms with van der Waals surface area (Å²) >= 11 is 6.23. The van der Waals surface area contributed by atoms with Gasteiger partial charge in [-0.1, -0.05) is 63.6 Å². The van der Waals surface area contributed by atoms with Gasteiger partial charge in [-0.3, -0.25) is 0 Å². The number of rotatable bonds is 7. The molecule has 0 spiro atoms. The molecule has 8 heteroatoms. The first-order valence-corrected chi connectivity index (χ1v) is 13.9. The molecule has 36 heavy (non-hydrogen) atoms. The number of nitrogens with one attached hydrogen (secondary N) is 1. The molecule has 3 N–H and O–H groups in total. The summed E-state index contributed by atoms with van der Waals surface area (Å²) in [5.41, 5.74) is 5.65. The highest BCUT2D eigenvalue weighted by molar-refractivity contribution is 7.91. The zero-order valence-electron chi connectivity index (χ0n) is 21.7. The molecule has 0 saturated carbocycles. The molecule has 0 aromatic heterocycles. The van der Waals surface area contributed by atoms with E-state index in [2.05, 4.69) is 49.5 Å². The summed E-state index contributed by atoms with van der Waals surface area (Å²) in [6.07, 6.45) is 0. The van der Waals surface area contributed by atoms with E-state index >= 15 is 0 Å². The van der Waals surface area contributed by atoms with E-state index in [0.717, 1.165) is 34.4 Å². The molecule has 1 unspecified atom stereocenters. The van der Waals surface area contributed by atoms with E-state index in [9.17, 15) is 9.00 Å². The molecule has 6 nitrogen and oxygen atoms in total. The Hall–Kier alpha value is -2.71. The fraction of sp³-hybridized carbons (Fsp3) is 0.321. The maximum absolute atomic E-state index is 13.2. The monoisotopic (exact) mass is 526 g/mol. The van der Waals surface area contributed by atoms with Gasteiger partial charge in [0.1, 0.15) is 9.92 Å². The number of benzene rings is 3. The molecule has 3 aromatic rings. The summed E-state index contributed by atoms with van der Waals surface area (Å²) in [5, 5.41) is 9.59. The van der Waals surface area contributed by atoms with Crippen LogP contribution in [0.3, 0.4) is 0 Å². The minimum Gasteiger partial charge on any atom is -0.305 e. The highest BCUT2D eigenvalue weighted by Crippen LogP contribution is 2.37. The first kappa shape index (κ1) is 27.9. The van der Waals surface area contributed by atoms with Crippen LogP contribution in [-0.4, -0.2) is 29.2 Å². The molecule has 192 valence electrons. The Morgan fingerprint density at radius 3 is 2.06 bits per heavy atom. The number of halogens is 1. The van der Waals surface area contributed by atoms with Crippen LogP contribution in [0.4, 0.5) is 10.5 Å². The summed E-state index contributed by atoms with van der Waals surface area (Å²) in [7, 11) is 0.528. The van der Waals surface area contributed by atoms with Gasteiger partial charge in [0.2, 0.25) is 0 Å². The molecule has 0 heterocycles. The Morgan fingerprint density at radius 2 is 1.56 bits per heavy atom. The molecule has 2 amide bonds. The third-order valence-electron chi connectivity index (χ3n) is 5.81. The number of urea groups is 1. The maximum atomic E-state index is 13.2. The van der Waals surface area contributed by atoms with Crippen LogP contribution in [0.25, 0.3) is 11.1 Å². The van der Waals surface area contributed by atoms with E-state index in [4.69, 9.17) is 16.7 Å². The predicted octanol–water partition coefficient (Wildman–Crippen LogP) is 7.25. The second-order valence-electron chi connectivity index (χ2n) is 9.82. The molecule has 3 aromatic carbocycles. The first-order valence-electron chi connectivity index (χ1n) is 11.9. The van der Waals surface area contributed by atoms with Gasteiger partial charge in [0.25, 0.3) is 0 Å². The summed E-state index contributed by atoms with van der Waals surface area (Å²) in [6.45, 7) is 9.00. The molecule has 0 aliphatic rings. The Bertz CT molecular complexity index is 1330. The fourth-order valence-corrected chi connectivity index (χ4v) is 5.15. The van der Waals surface area contributed by atoms with E-state index in [-0.39, 0.29) is 11.8 Å². The van der Waals surface area contributed by atoms with E-state index in [1.54, 1.807) is 12.1 Å². The molecule has 3 rings (SSSR count). The number of nitrogens with zero attached hydrogens (tertiary/aromatic N) is 2. The van der Waals surface area contributed by atoms with Crippen molar-refractivity contribution in [1.82, 2.24) is 4.90 Å². The van der Waals surface area contributed by atoms with Gasteiger partial charge in [0, 0.05) is 17.3 Å². The van der Waals surface area contributed by atoms with Gasteiger partial charge < -0.3 is 10.2 Å². The lowest BCUT2D eigenvalue weighted by molar-refractivity contribution is 0.260. The Kier molecular flexibility index (Phi) is 8.95. The second kappa shape index (κ2) is 11.6. The third-order valence-corrected chi connectivity index (χ3v) is 7.43. The topological polar surface area (TPSA) is 87.8 Å². The van der Waals surface area contributed by atoms with Crippen LogP contribution in [0.1, 0.15) is 56.2 Å². The van der Waals surface area contributed by atoms with Crippen LogP contribution in [0, 0.1) is 0 Å². The summed E-state index contributed by atoms with van der Waals surface area (Å²) in [4.78, 5) is 15.3. The van der Waals surface area contributed by atoms with Gasteiger partial charge in [0.15, 0.2) is 0 Å². The zero-order chi connectivity index (χ0) is 26.6. The van der Waals surface area contributed by atoms with Crippen molar-refractivity contribution < 1.29 is 9.00 Å². The molecule has 1 atom stereocenters. The lowest BCUT2D eigenvalue weighted by atomic mass is 9.88. The molecular formula is C28H35ClN4O2S. The van der Waals surface area contributed by atoms with E-state index in [0.29, 0.717) is 15.6 Å². The normalized spacial score (nSPS) is 13.2. The number of hydrogen-bond donors (Lipinski definition) is 2. The smallest absolute Gasteiger partial charge is 0.305 e. The molecular weight excluding hydrogens is 492 g/mol. The van der Waals surface area contributed by atoms with Gasteiger partial charge in [-0.05, 0) is 90.1 Å². The summed E-state index contributed by atoms with van der Waals surface area (Å²) in [6, 6.07) is 18.1. The predicted molar refractivity (Wildman–Crippen MR) is 151 cm³/mol. The van der Waals surface area contributed by atoms with Crippen LogP contribution in [0.5, 0.6) is 0 Å². The van der Waals surface area contributed by atoms with Crippen molar-refractivity contribution in [2.75, 3.05) is 19.4 Å². The van der Waals surface area contributed by atoms with Crippen LogP contribution in [0.15, 0.2) is 69.9 Å². The number of carbonyl (C=O) groups is 1. The quantitative estimate of drug-likeness (QED) is 0.340. The van der Waals surface area contributed by atoms with Gasteiger partial charge in [-0.25, -0.2) is 14.1 Å². The maximum Gasteiger partial charge on any atom is 0.354 e. The SMILES string of the molecule is CC(C)c1cc(-c2cccc(Cl)c2)cc(C(C)C)c1NC(=O)N=S(N)(=O)c1ccc(CN(C)C)cc1. The summed E-state index contributed by atoms with van der Waals surface area (Å²) < 4.78 is 17.0. The number of nitrogens with two attached hydrogens (primary N) is 1. The first-order chi connectivity index (χ1) is 16.9. The van der Waals surface area contributed by atoms with Crippen molar-refractivity contribution in [3.63, 3.8) is 0 Å². The molecule has 0 radical (unpaired) electrons. The third kappa shape index (κ3) is 6.95. The van der Waals surface area contributed by atoms with E-state index in [1.807, 2.05) is 55.4 Å². The van der Waals surface area contributed by atoms with Crippen molar-refractivity contribution in [3.05, 3.63) is 82.4 Å². The van der Waals surface area contributed by atoms with Crippen LogP contribution >= 0.6 is 11.6 Å². The highest BCUT2D eigenvalue weighted by Gasteiger charge is 2.20. The minimum atomic E-state index is -3.41. The Morgan fingerprint density at radius 1 is 0.972 bits per heavy atom. The zero-order valence-corrected chi connectivity index (χ0v) is 23.3. The molecule has 0 aliphatic heterocycles. The van der Waals surface area contributed by atoms with Crippen molar-refractivity contribution >= 4 is 33.2 Å². The number of anilines is 1. The van der Waals surface area contributed by atoms with E-state index < -0.39 is 15.9 Å². The fourth-order valence-electron chi connectivity index (χ4n) is 4.04. The molecule has 0 saturated heterocycles. The van der Waals surface area contributed by atoms with Gasteiger partial charge in [0.05, 0.1) is 4.90 Å². The van der Waals surface area contributed by atoms with Gasteiger partial charge in [-0.2, -0.15) is 0 Å². The molecule has 0 fully saturated rings. The highest BCUT2D eigenvalue weighted by atomic mass is 35.5. The lowest BCUT2D eigenvalue weighted by Gasteiger charge is -2.22. The van der Waals surface area contributed by atoms with Crippen LogP contribution < -0.4 is 10.5 Å². The average Bonchev–Trinajstić information content (AvgIpc) is 2.78. The Balaban J connectivity index is 2.00. The molecule has 0 aliphatic carbocycles. The van der Waals surface area contributed by atoms with Crippen molar-refractivity contribution in [3.8, 4) is 11.1 Å². The Labute approximate surface area is 220 Å². The summed E-state index contributed by atoms with van der Waals surface area (Å²) in [5.74, 6) is 0.229. The van der Waals surface area contributed by atoms with Gasteiger partial charge >= 0.3 is 6.03 Å². The van der Waals surface area contributed by atoms with Gasteiger partial charge in [-0.15, -0.1) is 4.36 Å². The van der Waals surface area contributed by atoms with Crippen molar-refractivity contribution in [2.24, 2.45) is 9.50 Å². The van der Waals surface area contributed by atoms with Crippen molar-refractivity contribution in [1.29, 1.82) is 0 Å². The standard InChI is InChI=1S/C28H35ClN4O2S/c1-18(2)25-15-22(21-8-7-9-23(29)14-21)16-26(19(3)4)27(25)31-28(34)32-36(30,35)24-12-10-20(11-13-24)17-33(5)6/h7-16,18-19H,17H2,1-6H3,(H3,30,31,32,34,35). The van der Waals surface area contributed by atoms with E-state index in [1.165, 1.54) is 0 Å². The van der Waals surface area contributed by atoms with Crippen LogP contribution in [-0.2, 0) is 16.5 Å². The lowest BCUT2D eigenvalue weighted by Crippen LogP contribution is -2.19. The number of amides is 2. The largest absolute Gasteiger partial charge is 0.354 e. The second-order valence-corrected chi connectivity index (χ2v) is 12.0. The average molecular weight is 527 g/mol. The van der Waals surface area contributed by atoms with Crippen molar-refractivity contribution in [2.45, 2.75) is 51.0 Å². The minimum absolute atomic E-state index is 0.114. The number of carbonyl (C=O) groups excluding carboxylic acids is 1.